The van der Waals surface area contributed by atoms with Crippen LogP contribution in [0.3, 0.4) is 0 Å². The summed E-state index contributed by atoms with van der Waals surface area (Å²) in [5, 5.41) is 7.28. The van der Waals surface area contributed by atoms with E-state index in [0.29, 0.717) is 23.6 Å². The van der Waals surface area contributed by atoms with Crippen molar-refractivity contribution in [2.24, 2.45) is 0 Å². The van der Waals surface area contributed by atoms with Gasteiger partial charge in [0, 0.05) is 23.4 Å². The summed E-state index contributed by atoms with van der Waals surface area (Å²) >= 11 is 0. The number of nitrogens with one attached hydrogen (secondary N) is 1. The summed E-state index contributed by atoms with van der Waals surface area (Å²) in [6.45, 7) is 1.84. The molecule has 0 aliphatic heterocycles. The minimum absolute atomic E-state index is 0.317. The number of benzene rings is 2. The van der Waals surface area contributed by atoms with Crippen LogP contribution < -0.4 is 20.3 Å². The van der Waals surface area contributed by atoms with Crippen molar-refractivity contribution in [1.82, 2.24) is 9.78 Å². The standard InChI is InChI=1S/C22H23N3O4/c1-4-20(22(27)23-16-6-5-7-18(14-16)29-3)25-21(26)13-12-19(24-25)15-8-10-17(28-2)11-9-15/h5-14,20H,4H2,1-3H3,(H,23,27)/t20-/m0/s1. The van der Waals surface area contributed by atoms with Crippen LogP contribution in [0.25, 0.3) is 11.3 Å². The molecular weight excluding hydrogens is 370 g/mol. The molecule has 0 saturated carbocycles. The van der Waals surface area contributed by atoms with Crippen LogP contribution >= 0.6 is 0 Å². The number of anilines is 1. The highest BCUT2D eigenvalue weighted by atomic mass is 16.5. The normalized spacial score (nSPS) is 11.6. The second-order valence-electron chi connectivity index (χ2n) is 6.38. The van der Waals surface area contributed by atoms with Crippen LogP contribution in [0, 0.1) is 0 Å². The van der Waals surface area contributed by atoms with Gasteiger partial charge in [0.15, 0.2) is 0 Å². The van der Waals surface area contributed by atoms with Crippen molar-refractivity contribution in [3.63, 3.8) is 0 Å². The maximum Gasteiger partial charge on any atom is 0.267 e. The maximum atomic E-state index is 12.9. The van der Waals surface area contributed by atoms with Gasteiger partial charge in [0.05, 0.1) is 19.9 Å². The highest BCUT2D eigenvalue weighted by molar-refractivity contribution is 5.93. The van der Waals surface area contributed by atoms with Crippen molar-refractivity contribution in [1.29, 1.82) is 0 Å². The highest BCUT2D eigenvalue weighted by Crippen LogP contribution is 2.22. The molecule has 7 heteroatoms. The molecule has 0 radical (unpaired) electrons. The summed E-state index contributed by atoms with van der Waals surface area (Å²) in [7, 11) is 3.16. The van der Waals surface area contributed by atoms with Crippen molar-refractivity contribution in [3.8, 4) is 22.8 Å². The monoisotopic (exact) mass is 393 g/mol. The molecule has 0 spiro atoms. The second kappa shape index (κ2) is 9.05. The third-order valence-corrected chi connectivity index (χ3v) is 4.53. The Bertz CT molecular complexity index is 1040. The first-order valence-electron chi connectivity index (χ1n) is 9.25. The predicted molar refractivity (Wildman–Crippen MR) is 111 cm³/mol. The number of amides is 1. The quantitative estimate of drug-likeness (QED) is 0.664. The van der Waals surface area contributed by atoms with E-state index >= 15 is 0 Å². The fourth-order valence-corrected chi connectivity index (χ4v) is 2.96. The van der Waals surface area contributed by atoms with Gasteiger partial charge in [-0.3, -0.25) is 9.59 Å². The van der Waals surface area contributed by atoms with E-state index in [2.05, 4.69) is 10.4 Å². The lowest BCUT2D eigenvalue weighted by Gasteiger charge is -2.18. The third kappa shape index (κ3) is 4.63. The van der Waals surface area contributed by atoms with Gasteiger partial charge in [-0.1, -0.05) is 13.0 Å². The summed E-state index contributed by atoms with van der Waals surface area (Å²) in [6, 6.07) is 16.7. The molecule has 0 aliphatic carbocycles. The van der Waals surface area contributed by atoms with Crippen molar-refractivity contribution in [2.75, 3.05) is 19.5 Å². The largest absolute Gasteiger partial charge is 0.497 e. The van der Waals surface area contributed by atoms with E-state index in [9.17, 15) is 9.59 Å². The Morgan fingerprint density at radius 2 is 1.76 bits per heavy atom. The topological polar surface area (TPSA) is 82.4 Å². The number of aromatic nitrogens is 2. The number of ether oxygens (including phenoxy) is 2. The molecule has 1 amide bonds. The van der Waals surface area contributed by atoms with Crippen LogP contribution in [0.2, 0.25) is 0 Å². The van der Waals surface area contributed by atoms with Crippen LogP contribution in [0.15, 0.2) is 65.5 Å². The molecule has 0 aliphatic rings. The van der Waals surface area contributed by atoms with Crippen molar-refractivity contribution in [2.45, 2.75) is 19.4 Å². The molecule has 29 heavy (non-hydrogen) atoms. The van der Waals surface area contributed by atoms with Crippen molar-refractivity contribution in [3.05, 3.63) is 71.0 Å². The lowest BCUT2D eigenvalue weighted by atomic mass is 10.1. The van der Waals surface area contributed by atoms with Crippen LogP contribution in [-0.4, -0.2) is 29.9 Å². The highest BCUT2D eigenvalue weighted by Gasteiger charge is 2.21. The SMILES string of the molecule is CC[C@@H](C(=O)Nc1cccc(OC)c1)n1nc(-c2ccc(OC)cc2)ccc1=O. The molecule has 7 nitrogen and oxygen atoms in total. The number of rotatable bonds is 7. The molecular formula is C22H23N3O4. The average molecular weight is 393 g/mol. The van der Waals surface area contributed by atoms with E-state index in [-0.39, 0.29) is 11.5 Å². The second-order valence-corrected chi connectivity index (χ2v) is 6.38. The molecule has 1 N–H and O–H groups in total. The van der Waals surface area contributed by atoms with Gasteiger partial charge in [-0.05, 0) is 48.9 Å². The first-order chi connectivity index (χ1) is 14.0. The predicted octanol–water partition coefficient (Wildman–Crippen LogP) is 3.52. The van der Waals surface area contributed by atoms with Crippen LogP contribution in [0.4, 0.5) is 5.69 Å². The van der Waals surface area contributed by atoms with Crippen LogP contribution in [-0.2, 0) is 4.79 Å². The Balaban J connectivity index is 1.89. The molecule has 150 valence electrons. The molecule has 2 aromatic carbocycles. The van der Waals surface area contributed by atoms with Gasteiger partial charge in [-0.25, -0.2) is 4.68 Å². The summed E-state index contributed by atoms with van der Waals surface area (Å²) in [5.41, 5.74) is 1.67. The number of nitrogens with zero attached hydrogens (tertiary/aromatic N) is 2. The molecule has 3 aromatic rings. The van der Waals surface area contributed by atoms with E-state index in [4.69, 9.17) is 9.47 Å². The summed E-state index contributed by atoms with van der Waals surface area (Å²) in [6.07, 6.45) is 0.411. The molecule has 1 aromatic heterocycles. The van der Waals surface area contributed by atoms with E-state index in [0.717, 1.165) is 11.3 Å². The summed E-state index contributed by atoms with van der Waals surface area (Å²) in [5.74, 6) is 1.04. The van der Waals surface area contributed by atoms with Gasteiger partial charge in [-0.15, -0.1) is 0 Å². The van der Waals surface area contributed by atoms with Gasteiger partial charge in [0.2, 0.25) is 5.91 Å². The Morgan fingerprint density at radius 1 is 1.03 bits per heavy atom. The first-order valence-corrected chi connectivity index (χ1v) is 9.25. The zero-order chi connectivity index (χ0) is 20.8. The number of methoxy groups -OCH3 is 2. The number of hydrogen-bond acceptors (Lipinski definition) is 5. The lowest BCUT2D eigenvalue weighted by molar-refractivity contribution is -0.119. The molecule has 0 unspecified atom stereocenters. The first kappa shape index (κ1) is 20.1. The van der Waals surface area contributed by atoms with Crippen LogP contribution in [0.1, 0.15) is 19.4 Å². The maximum absolute atomic E-state index is 12.9. The van der Waals surface area contributed by atoms with E-state index in [1.165, 1.54) is 10.7 Å². The fraction of sp³-hybridized carbons (Fsp3) is 0.227. The zero-order valence-electron chi connectivity index (χ0n) is 16.6. The lowest BCUT2D eigenvalue weighted by Crippen LogP contribution is -2.34. The molecule has 1 atom stereocenters. The van der Waals surface area contributed by atoms with Gasteiger partial charge < -0.3 is 14.8 Å². The summed E-state index contributed by atoms with van der Waals surface area (Å²) < 4.78 is 11.6. The van der Waals surface area contributed by atoms with Crippen molar-refractivity contribution >= 4 is 11.6 Å². The minimum atomic E-state index is -0.744. The number of carbonyl (C=O) groups is 1. The van der Waals surface area contributed by atoms with Crippen molar-refractivity contribution < 1.29 is 14.3 Å². The Kier molecular flexibility index (Phi) is 6.29. The van der Waals surface area contributed by atoms with Gasteiger partial charge in [0.1, 0.15) is 17.5 Å². The Hall–Kier alpha value is -3.61. The molecule has 0 fully saturated rings. The zero-order valence-corrected chi connectivity index (χ0v) is 16.6. The van der Waals surface area contributed by atoms with Gasteiger partial charge in [0.25, 0.3) is 5.56 Å². The number of carbonyl (C=O) groups excluding carboxylic acids is 1. The smallest absolute Gasteiger partial charge is 0.267 e. The third-order valence-electron chi connectivity index (χ3n) is 4.53. The summed E-state index contributed by atoms with van der Waals surface area (Å²) in [4.78, 5) is 25.3. The van der Waals surface area contributed by atoms with Gasteiger partial charge >= 0.3 is 0 Å². The number of hydrogen-bond donors (Lipinski definition) is 1. The molecule has 0 saturated heterocycles. The minimum Gasteiger partial charge on any atom is -0.497 e. The Labute approximate surface area is 168 Å². The fourth-order valence-electron chi connectivity index (χ4n) is 2.96. The average Bonchev–Trinajstić information content (AvgIpc) is 2.75. The Morgan fingerprint density at radius 3 is 2.41 bits per heavy atom. The van der Waals surface area contributed by atoms with E-state index in [1.54, 1.807) is 44.6 Å². The van der Waals surface area contributed by atoms with E-state index in [1.807, 2.05) is 31.2 Å². The molecule has 0 bridgehead atoms. The van der Waals surface area contributed by atoms with Crippen LogP contribution in [0.5, 0.6) is 11.5 Å². The van der Waals surface area contributed by atoms with Gasteiger partial charge in [-0.2, -0.15) is 5.10 Å². The molecule has 3 rings (SSSR count). The van der Waals surface area contributed by atoms with E-state index < -0.39 is 6.04 Å². The molecule has 1 heterocycles.